The SMILES string of the molecule is CCCC1(C(=O)O)CCCN1S(=O)(=O)CC1CCCCC1. The molecule has 1 aliphatic carbocycles. The van der Waals surface area contributed by atoms with Crippen molar-refractivity contribution in [3.8, 4) is 0 Å². The van der Waals surface area contributed by atoms with Gasteiger partial charge >= 0.3 is 5.97 Å². The molecule has 1 N–H and O–H groups in total. The molecule has 21 heavy (non-hydrogen) atoms. The number of aliphatic carboxylic acids is 1. The number of hydrogen-bond donors (Lipinski definition) is 1. The van der Waals surface area contributed by atoms with E-state index in [1.807, 2.05) is 6.92 Å². The van der Waals surface area contributed by atoms with Gasteiger partial charge in [0.2, 0.25) is 10.0 Å². The van der Waals surface area contributed by atoms with Gasteiger partial charge in [0.1, 0.15) is 5.54 Å². The first-order chi connectivity index (χ1) is 9.92. The number of sulfonamides is 1. The largest absolute Gasteiger partial charge is 0.480 e. The van der Waals surface area contributed by atoms with Crippen LogP contribution in [-0.2, 0) is 14.8 Å². The van der Waals surface area contributed by atoms with Gasteiger partial charge < -0.3 is 5.11 Å². The Hall–Kier alpha value is -0.620. The van der Waals surface area contributed by atoms with E-state index in [0.29, 0.717) is 32.2 Å². The lowest BCUT2D eigenvalue weighted by molar-refractivity contribution is -0.147. The summed E-state index contributed by atoms with van der Waals surface area (Å²) in [5.74, 6) is -0.641. The second-order valence-corrected chi connectivity index (χ2v) is 8.48. The lowest BCUT2D eigenvalue weighted by Crippen LogP contribution is -2.54. The topological polar surface area (TPSA) is 74.7 Å². The molecule has 6 heteroatoms. The third-order valence-electron chi connectivity index (χ3n) is 5.00. The Balaban J connectivity index is 2.18. The van der Waals surface area contributed by atoms with E-state index in [1.165, 1.54) is 10.7 Å². The molecule has 1 unspecified atom stereocenters. The van der Waals surface area contributed by atoms with Gasteiger partial charge in [-0.3, -0.25) is 4.79 Å². The molecule has 0 aromatic carbocycles. The van der Waals surface area contributed by atoms with Crippen LogP contribution in [0.4, 0.5) is 0 Å². The van der Waals surface area contributed by atoms with Crippen LogP contribution in [0.5, 0.6) is 0 Å². The van der Waals surface area contributed by atoms with Crippen molar-refractivity contribution in [2.24, 2.45) is 5.92 Å². The number of carboxylic acids is 1. The summed E-state index contributed by atoms with van der Waals surface area (Å²) in [6, 6.07) is 0. The molecular formula is C15H27NO4S. The minimum atomic E-state index is -3.48. The van der Waals surface area contributed by atoms with Gasteiger partial charge in [-0.15, -0.1) is 0 Å². The van der Waals surface area contributed by atoms with Crippen LogP contribution < -0.4 is 0 Å². The van der Waals surface area contributed by atoms with Crippen molar-refractivity contribution in [2.45, 2.75) is 70.3 Å². The first-order valence-electron chi connectivity index (χ1n) is 8.16. The molecule has 1 saturated carbocycles. The molecule has 1 atom stereocenters. The van der Waals surface area contributed by atoms with Crippen molar-refractivity contribution < 1.29 is 18.3 Å². The molecule has 0 aromatic rings. The second-order valence-electron chi connectivity index (χ2n) is 6.55. The van der Waals surface area contributed by atoms with Crippen molar-refractivity contribution in [1.82, 2.24) is 4.31 Å². The summed E-state index contributed by atoms with van der Waals surface area (Å²) < 4.78 is 26.8. The highest BCUT2D eigenvalue weighted by Gasteiger charge is 2.52. The zero-order chi connectivity index (χ0) is 15.5. The van der Waals surface area contributed by atoms with Crippen molar-refractivity contribution in [3.63, 3.8) is 0 Å². The van der Waals surface area contributed by atoms with Gasteiger partial charge in [0.15, 0.2) is 0 Å². The van der Waals surface area contributed by atoms with E-state index >= 15 is 0 Å². The maximum absolute atomic E-state index is 12.8. The van der Waals surface area contributed by atoms with Gasteiger partial charge in [-0.25, -0.2) is 8.42 Å². The first kappa shape index (κ1) is 16.7. The van der Waals surface area contributed by atoms with Gasteiger partial charge in [0.05, 0.1) is 5.75 Å². The van der Waals surface area contributed by atoms with Crippen molar-refractivity contribution in [1.29, 1.82) is 0 Å². The highest BCUT2D eigenvalue weighted by molar-refractivity contribution is 7.89. The summed E-state index contributed by atoms with van der Waals surface area (Å²) in [6.45, 7) is 2.27. The number of rotatable bonds is 6. The Morgan fingerprint density at radius 2 is 1.90 bits per heavy atom. The Morgan fingerprint density at radius 1 is 1.24 bits per heavy atom. The predicted octanol–water partition coefficient (Wildman–Crippen LogP) is 2.62. The zero-order valence-electron chi connectivity index (χ0n) is 12.9. The fraction of sp³-hybridized carbons (Fsp3) is 0.933. The summed E-state index contributed by atoms with van der Waals surface area (Å²) in [4.78, 5) is 11.8. The Labute approximate surface area is 127 Å². The highest BCUT2D eigenvalue weighted by Crippen LogP contribution is 2.37. The van der Waals surface area contributed by atoms with Gasteiger partial charge in [-0.2, -0.15) is 4.31 Å². The van der Waals surface area contributed by atoms with Gasteiger partial charge in [-0.05, 0) is 38.0 Å². The zero-order valence-corrected chi connectivity index (χ0v) is 13.7. The van der Waals surface area contributed by atoms with E-state index in [-0.39, 0.29) is 11.7 Å². The van der Waals surface area contributed by atoms with Crippen molar-refractivity contribution >= 4 is 16.0 Å². The van der Waals surface area contributed by atoms with Crippen LogP contribution in [-0.4, -0.2) is 41.6 Å². The molecule has 0 radical (unpaired) electrons. The molecule has 0 spiro atoms. The summed E-state index contributed by atoms with van der Waals surface area (Å²) in [5, 5.41) is 9.63. The van der Waals surface area contributed by atoms with Crippen LogP contribution in [0, 0.1) is 5.92 Å². The minimum absolute atomic E-state index is 0.131. The molecule has 0 amide bonds. The lowest BCUT2D eigenvalue weighted by Gasteiger charge is -2.35. The monoisotopic (exact) mass is 317 g/mol. The molecule has 1 heterocycles. The summed E-state index contributed by atoms with van der Waals surface area (Å²) in [7, 11) is -3.48. The third kappa shape index (κ3) is 3.42. The maximum atomic E-state index is 12.8. The summed E-state index contributed by atoms with van der Waals surface area (Å²) >= 11 is 0. The predicted molar refractivity (Wildman–Crippen MR) is 81.6 cm³/mol. The average molecular weight is 317 g/mol. The molecule has 1 aliphatic heterocycles. The normalized spacial score (nSPS) is 28.8. The van der Waals surface area contributed by atoms with E-state index in [1.54, 1.807) is 0 Å². The number of carbonyl (C=O) groups is 1. The van der Waals surface area contributed by atoms with Crippen LogP contribution >= 0.6 is 0 Å². The van der Waals surface area contributed by atoms with Gasteiger partial charge in [-0.1, -0.05) is 32.6 Å². The van der Waals surface area contributed by atoms with Gasteiger partial charge in [0.25, 0.3) is 0 Å². The van der Waals surface area contributed by atoms with E-state index < -0.39 is 21.5 Å². The van der Waals surface area contributed by atoms with Crippen molar-refractivity contribution in [2.75, 3.05) is 12.3 Å². The molecule has 2 rings (SSSR count). The fourth-order valence-corrected chi connectivity index (χ4v) is 6.29. The van der Waals surface area contributed by atoms with E-state index in [2.05, 4.69) is 0 Å². The first-order valence-corrected chi connectivity index (χ1v) is 9.77. The van der Waals surface area contributed by atoms with Crippen molar-refractivity contribution in [3.05, 3.63) is 0 Å². The molecule has 2 aliphatic rings. The highest BCUT2D eigenvalue weighted by atomic mass is 32.2. The van der Waals surface area contributed by atoms with Gasteiger partial charge in [0, 0.05) is 6.54 Å². The van der Waals surface area contributed by atoms with E-state index in [9.17, 15) is 18.3 Å². The maximum Gasteiger partial charge on any atom is 0.325 e. The number of nitrogens with zero attached hydrogens (tertiary/aromatic N) is 1. The Kier molecular flexibility index (Phi) is 5.30. The van der Waals surface area contributed by atoms with E-state index in [0.717, 1.165) is 25.7 Å². The summed E-state index contributed by atoms with van der Waals surface area (Å²) in [5.41, 5.74) is -1.19. The van der Waals surface area contributed by atoms with Crippen LogP contribution in [0.1, 0.15) is 64.7 Å². The molecule has 0 aromatic heterocycles. The molecular weight excluding hydrogens is 290 g/mol. The summed E-state index contributed by atoms with van der Waals surface area (Å²) in [6.07, 6.45) is 7.49. The number of carboxylic acid groups (broad SMARTS) is 1. The Bertz CT molecular complexity index is 470. The smallest absolute Gasteiger partial charge is 0.325 e. The second kappa shape index (κ2) is 6.65. The molecule has 1 saturated heterocycles. The Morgan fingerprint density at radius 3 is 2.48 bits per heavy atom. The van der Waals surface area contributed by atoms with Crippen LogP contribution in [0.25, 0.3) is 0 Å². The fourth-order valence-electron chi connectivity index (χ4n) is 3.98. The van der Waals surface area contributed by atoms with Crippen LogP contribution in [0.3, 0.4) is 0 Å². The molecule has 0 bridgehead atoms. The number of hydrogen-bond acceptors (Lipinski definition) is 3. The third-order valence-corrected chi connectivity index (χ3v) is 7.09. The average Bonchev–Trinajstić information content (AvgIpc) is 2.86. The molecule has 5 nitrogen and oxygen atoms in total. The van der Waals surface area contributed by atoms with Crippen LogP contribution in [0.2, 0.25) is 0 Å². The molecule has 2 fully saturated rings. The molecule has 122 valence electrons. The minimum Gasteiger partial charge on any atom is -0.480 e. The van der Waals surface area contributed by atoms with Crippen LogP contribution in [0.15, 0.2) is 0 Å². The quantitative estimate of drug-likeness (QED) is 0.817. The lowest BCUT2D eigenvalue weighted by atomic mass is 9.91. The van der Waals surface area contributed by atoms with E-state index in [4.69, 9.17) is 0 Å². The standard InChI is InChI=1S/C15H27NO4S/c1-2-9-15(14(17)18)10-6-11-16(15)21(19,20)12-13-7-4-3-5-8-13/h13H,2-12H2,1H3,(H,17,18).